The fourth-order valence-corrected chi connectivity index (χ4v) is 2.06. The summed E-state index contributed by atoms with van der Waals surface area (Å²) in [7, 11) is 0. The van der Waals surface area contributed by atoms with Crippen molar-refractivity contribution in [2.75, 3.05) is 5.32 Å². The number of nitrogens with zero attached hydrogens (tertiary/aromatic N) is 2. The van der Waals surface area contributed by atoms with Gasteiger partial charge in [0, 0.05) is 11.7 Å². The minimum atomic E-state index is -0.391. The Bertz CT molecular complexity index is 423. The fraction of sp³-hybridized carbons (Fsp3) is 0.643. The molecule has 0 radical (unpaired) electrons. The molecule has 1 heterocycles. The summed E-state index contributed by atoms with van der Waals surface area (Å²) in [4.78, 5) is 14.4. The van der Waals surface area contributed by atoms with Crippen LogP contribution in [0.2, 0.25) is 0 Å². The lowest BCUT2D eigenvalue weighted by molar-refractivity contribution is -0.384. The topological polar surface area (TPSA) is 68.1 Å². The lowest BCUT2D eigenvalue weighted by Crippen LogP contribution is -2.34. The Labute approximate surface area is 114 Å². The van der Waals surface area contributed by atoms with Gasteiger partial charge in [0.25, 0.3) is 0 Å². The maximum atomic E-state index is 11.0. The number of aromatic nitrogens is 1. The first kappa shape index (κ1) is 15.4. The van der Waals surface area contributed by atoms with Crippen LogP contribution in [0.25, 0.3) is 0 Å². The third-order valence-electron chi connectivity index (χ3n) is 3.55. The van der Waals surface area contributed by atoms with Crippen LogP contribution in [0.4, 0.5) is 11.4 Å². The molecule has 19 heavy (non-hydrogen) atoms. The summed E-state index contributed by atoms with van der Waals surface area (Å²) in [5.74, 6) is 0. The summed E-state index contributed by atoms with van der Waals surface area (Å²) in [6, 6.07) is 1.67. The maximum absolute atomic E-state index is 11.0. The molecule has 5 nitrogen and oxygen atoms in total. The largest absolute Gasteiger partial charge is 0.374 e. The summed E-state index contributed by atoms with van der Waals surface area (Å²) >= 11 is 0. The van der Waals surface area contributed by atoms with E-state index >= 15 is 0 Å². The summed E-state index contributed by atoms with van der Waals surface area (Å²) in [6.07, 6.45) is 8.31. The molecule has 0 spiro atoms. The van der Waals surface area contributed by atoms with Crippen LogP contribution in [-0.4, -0.2) is 15.4 Å². The first-order valence-corrected chi connectivity index (χ1v) is 6.89. The highest BCUT2D eigenvalue weighted by Gasteiger charge is 2.24. The minimum absolute atomic E-state index is 0.0395. The predicted octanol–water partition coefficient (Wildman–Crippen LogP) is 4.15. The Balaban J connectivity index is 2.82. The van der Waals surface area contributed by atoms with Gasteiger partial charge in [-0.1, -0.05) is 33.1 Å². The van der Waals surface area contributed by atoms with E-state index in [9.17, 15) is 10.1 Å². The van der Waals surface area contributed by atoms with Crippen LogP contribution >= 0.6 is 0 Å². The Hall–Kier alpha value is -1.65. The quantitative estimate of drug-likeness (QED) is 0.435. The molecule has 1 N–H and O–H groups in total. The van der Waals surface area contributed by atoms with E-state index in [4.69, 9.17) is 0 Å². The van der Waals surface area contributed by atoms with Crippen molar-refractivity contribution in [1.82, 2.24) is 4.98 Å². The summed E-state index contributed by atoms with van der Waals surface area (Å²) in [5, 5.41) is 14.3. The van der Waals surface area contributed by atoms with Crippen molar-refractivity contribution in [3.8, 4) is 0 Å². The first-order valence-electron chi connectivity index (χ1n) is 6.89. The van der Waals surface area contributed by atoms with Crippen molar-refractivity contribution in [3.05, 3.63) is 28.6 Å². The summed E-state index contributed by atoms with van der Waals surface area (Å²) in [5.41, 5.74) is 0.486. The molecule has 0 amide bonds. The number of nitro groups is 1. The van der Waals surface area contributed by atoms with Crippen LogP contribution in [0.1, 0.15) is 52.9 Å². The van der Waals surface area contributed by atoms with Gasteiger partial charge in [0.15, 0.2) is 0 Å². The number of anilines is 1. The molecule has 0 aromatic carbocycles. The van der Waals surface area contributed by atoms with E-state index in [1.165, 1.54) is 19.0 Å². The zero-order valence-corrected chi connectivity index (χ0v) is 12.0. The second-order valence-electron chi connectivity index (χ2n) is 5.15. The zero-order chi connectivity index (χ0) is 14.3. The van der Waals surface area contributed by atoms with Gasteiger partial charge in [0.05, 0.1) is 4.92 Å². The molecule has 0 fully saturated rings. The van der Waals surface area contributed by atoms with Gasteiger partial charge in [0.1, 0.15) is 11.9 Å². The van der Waals surface area contributed by atoms with Crippen LogP contribution in [0.3, 0.4) is 0 Å². The van der Waals surface area contributed by atoms with Crippen molar-refractivity contribution < 1.29 is 4.92 Å². The molecular formula is C14H23N3O2. The standard InChI is InChI=1S/C14H23N3O2/c1-4-6-7-9-14(3,5-2)16-12-8-10-15-11-13(12)17(18)19/h8,10-11H,4-7,9H2,1-3H3,(H,15,16). The highest BCUT2D eigenvalue weighted by molar-refractivity contribution is 5.60. The monoisotopic (exact) mass is 265 g/mol. The Morgan fingerprint density at radius 1 is 1.42 bits per heavy atom. The number of hydrogen-bond acceptors (Lipinski definition) is 4. The molecule has 1 atom stereocenters. The van der Waals surface area contributed by atoms with Gasteiger partial charge < -0.3 is 5.32 Å². The smallest absolute Gasteiger partial charge is 0.310 e. The van der Waals surface area contributed by atoms with Crippen LogP contribution in [-0.2, 0) is 0 Å². The number of pyridine rings is 1. The second-order valence-corrected chi connectivity index (χ2v) is 5.15. The second kappa shape index (κ2) is 7.07. The Kier molecular flexibility index (Phi) is 5.73. The third kappa shape index (κ3) is 4.50. The molecule has 0 aliphatic heterocycles. The molecule has 0 bridgehead atoms. The van der Waals surface area contributed by atoms with Crippen molar-refractivity contribution >= 4 is 11.4 Å². The molecule has 106 valence electrons. The number of nitrogens with one attached hydrogen (secondary N) is 1. The van der Waals surface area contributed by atoms with E-state index < -0.39 is 4.92 Å². The lowest BCUT2D eigenvalue weighted by Gasteiger charge is -2.30. The highest BCUT2D eigenvalue weighted by Crippen LogP contribution is 2.29. The Morgan fingerprint density at radius 2 is 2.16 bits per heavy atom. The van der Waals surface area contributed by atoms with Crippen LogP contribution in [0, 0.1) is 10.1 Å². The number of hydrogen-bond donors (Lipinski definition) is 1. The SMILES string of the molecule is CCCCCC(C)(CC)Nc1ccncc1[N+](=O)[O-]. The average molecular weight is 265 g/mol. The molecule has 1 aromatic rings. The molecule has 0 saturated carbocycles. The van der Waals surface area contributed by atoms with E-state index in [0.717, 1.165) is 19.3 Å². The van der Waals surface area contributed by atoms with Crippen LogP contribution in [0.15, 0.2) is 18.5 Å². The van der Waals surface area contributed by atoms with E-state index in [-0.39, 0.29) is 11.2 Å². The van der Waals surface area contributed by atoms with Crippen molar-refractivity contribution in [2.24, 2.45) is 0 Å². The van der Waals surface area contributed by atoms with Gasteiger partial charge >= 0.3 is 5.69 Å². The van der Waals surface area contributed by atoms with Gasteiger partial charge in [0.2, 0.25) is 0 Å². The summed E-state index contributed by atoms with van der Waals surface area (Å²) < 4.78 is 0. The maximum Gasteiger partial charge on any atom is 0.310 e. The van der Waals surface area contributed by atoms with Crippen LogP contribution in [0.5, 0.6) is 0 Å². The van der Waals surface area contributed by atoms with Gasteiger partial charge in [-0.2, -0.15) is 0 Å². The van der Waals surface area contributed by atoms with E-state index in [1.807, 2.05) is 0 Å². The molecule has 1 aromatic heterocycles. The van der Waals surface area contributed by atoms with Crippen LogP contribution < -0.4 is 5.32 Å². The number of rotatable bonds is 8. The van der Waals surface area contributed by atoms with Crippen molar-refractivity contribution in [3.63, 3.8) is 0 Å². The van der Waals surface area contributed by atoms with Gasteiger partial charge in [-0.05, 0) is 25.8 Å². The first-order chi connectivity index (χ1) is 9.02. The molecule has 0 aliphatic carbocycles. The van der Waals surface area contributed by atoms with Gasteiger partial charge in [-0.3, -0.25) is 15.1 Å². The van der Waals surface area contributed by atoms with E-state index in [0.29, 0.717) is 5.69 Å². The summed E-state index contributed by atoms with van der Waals surface area (Å²) in [6.45, 7) is 6.39. The normalized spacial score (nSPS) is 13.8. The number of unbranched alkanes of at least 4 members (excludes halogenated alkanes) is 2. The zero-order valence-electron chi connectivity index (χ0n) is 12.0. The van der Waals surface area contributed by atoms with E-state index in [1.54, 1.807) is 12.3 Å². The lowest BCUT2D eigenvalue weighted by atomic mass is 9.91. The minimum Gasteiger partial charge on any atom is -0.374 e. The Morgan fingerprint density at radius 3 is 2.74 bits per heavy atom. The molecule has 0 aliphatic rings. The predicted molar refractivity (Wildman–Crippen MR) is 77.4 cm³/mol. The van der Waals surface area contributed by atoms with Crippen molar-refractivity contribution in [2.45, 2.75) is 58.4 Å². The fourth-order valence-electron chi connectivity index (χ4n) is 2.06. The molecule has 1 rings (SSSR count). The molecule has 0 saturated heterocycles. The van der Waals surface area contributed by atoms with E-state index in [2.05, 4.69) is 31.1 Å². The van der Waals surface area contributed by atoms with Gasteiger partial charge in [-0.25, -0.2) is 0 Å². The average Bonchev–Trinajstić information content (AvgIpc) is 2.39. The molecular weight excluding hydrogens is 242 g/mol. The highest BCUT2D eigenvalue weighted by atomic mass is 16.6. The molecule has 1 unspecified atom stereocenters. The third-order valence-corrected chi connectivity index (χ3v) is 3.55. The molecule has 5 heteroatoms. The van der Waals surface area contributed by atoms with Gasteiger partial charge in [-0.15, -0.1) is 0 Å². The van der Waals surface area contributed by atoms with Crippen molar-refractivity contribution in [1.29, 1.82) is 0 Å².